The van der Waals surface area contributed by atoms with Crippen LogP contribution < -0.4 is 4.74 Å². The van der Waals surface area contributed by atoms with E-state index in [-0.39, 0.29) is 23.0 Å². The molecule has 0 saturated carbocycles. The number of carbonyl (C=O) groups is 1. The van der Waals surface area contributed by atoms with E-state index in [2.05, 4.69) is 20.9 Å². The maximum Gasteiger partial charge on any atom is 0.228 e. The number of nitrogens with zero attached hydrogens (tertiary/aromatic N) is 1. The molecule has 0 aliphatic rings. The van der Waals surface area contributed by atoms with Gasteiger partial charge >= 0.3 is 0 Å². The Morgan fingerprint density at radius 2 is 2.00 bits per heavy atom. The molecule has 0 aliphatic heterocycles. The Labute approximate surface area is 124 Å². The maximum atomic E-state index is 12.1. The fraction of sp³-hybridized carbons (Fsp3) is 0.0667. The highest BCUT2D eigenvalue weighted by atomic mass is 79.9. The Kier molecular flexibility index (Phi) is 4.53. The molecule has 0 saturated heterocycles. The second kappa shape index (κ2) is 6.34. The molecule has 0 fully saturated rings. The van der Waals surface area contributed by atoms with Gasteiger partial charge in [-0.1, -0.05) is 34.1 Å². The van der Waals surface area contributed by atoms with Crippen LogP contribution in [-0.2, 0) is 0 Å². The smallest absolute Gasteiger partial charge is 0.228 e. The Morgan fingerprint density at radius 3 is 2.65 bits per heavy atom. The summed E-state index contributed by atoms with van der Waals surface area (Å²) in [5.74, 6) is -0.409. The van der Waals surface area contributed by atoms with E-state index in [1.807, 2.05) is 24.3 Å². The van der Waals surface area contributed by atoms with E-state index in [4.69, 9.17) is 4.74 Å². The maximum absolute atomic E-state index is 12.1. The number of methoxy groups -OCH3 is 1. The van der Waals surface area contributed by atoms with Crippen LogP contribution in [0.3, 0.4) is 0 Å². The standard InChI is InChI=1S/C15H12BrNO3/c1-20-15-14(13(19)8-9-17-15)12(18)7-4-10-2-5-11(16)6-3-10/h2-9H,1H3,(H,17,19)/b7-4+. The van der Waals surface area contributed by atoms with E-state index in [1.54, 1.807) is 6.08 Å². The average molecular weight is 334 g/mol. The molecule has 0 atom stereocenters. The van der Waals surface area contributed by atoms with Crippen LogP contribution in [-0.4, -0.2) is 23.0 Å². The molecule has 5 heteroatoms. The second-order valence-electron chi connectivity index (χ2n) is 3.96. The van der Waals surface area contributed by atoms with E-state index in [0.29, 0.717) is 0 Å². The van der Waals surface area contributed by atoms with Crippen LogP contribution in [0.4, 0.5) is 0 Å². The summed E-state index contributed by atoms with van der Waals surface area (Å²) in [6.45, 7) is 0. The predicted octanol–water partition coefficient (Wildman–Crippen LogP) is 3.45. The molecule has 102 valence electrons. The second-order valence-corrected chi connectivity index (χ2v) is 4.88. The van der Waals surface area contributed by atoms with Gasteiger partial charge in [0.1, 0.15) is 11.3 Å². The van der Waals surface area contributed by atoms with Crippen molar-refractivity contribution in [1.29, 1.82) is 0 Å². The fourth-order valence-corrected chi connectivity index (χ4v) is 1.91. The highest BCUT2D eigenvalue weighted by Crippen LogP contribution is 2.25. The third-order valence-electron chi connectivity index (χ3n) is 2.63. The molecule has 0 radical (unpaired) electrons. The Balaban J connectivity index is 2.26. The lowest BCUT2D eigenvalue weighted by Gasteiger charge is -2.05. The van der Waals surface area contributed by atoms with Crippen molar-refractivity contribution in [3.8, 4) is 11.6 Å². The first-order valence-corrected chi connectivity index (χ1v) is 6.61. The lowest BCUT2D eigenvalue weighted by molar-refractivity contribution is 0.104. The van der Waals surface area contributed by atoms with Crippen molar-refractivity contribution in [2.24, 2.45) is 0 Å². The monoisotopic (exact) mass is 333 g/mol. The minimum absolute atomic E-state index is 0.0587. The van der Waals surface area contributed by atoms with Crippen LogP contribution in [0.15, 0.2) is 47.1 Å². The summed E-state index contributed by atoms with van der Waals surface area (Å²) in [6.07, 6.45) is 4.42. The van der Waals surface area contributed by atoms with Crippen LogP contribution in [0, 0.1) is 0 Å². The molecule has 1 aromatic carbocycles. The third-order valence-corrected chi connectivity index (χ3v) is 3.16. The van der Waals surface area contributed by atoms with Gasteiger partial charge in [-0.2, -0.15) is 0 Å². The number of allylic oxidation sites excluding steroid dienone is 1. The minimum Gasteiger partial charge on any atom is -0.507 e. The molecule has 2 rings (SSSR count). The highest BCUT2D eigenvalue weighted by molar-refractivity contribution is 9.10. The number of ether oxygens (including phenoxy) is 1. The average Bonchev–Trinajstić information content (AvgIpc) is 2.46. The quantitative estimate of drug-likeness (QED) is 0.687. The number of aromatic nitrogens is 1. The number of hydrogen-bond donors (Lipinski definition) is 1. The summed E-state index contributed by atoms with van der Waals surface area (Å²) in [5, 5.41) is 9.75. The largest absolute Gasteiger partial charge is 0.507 e. The minimum atomic E-state index is -0.365. The van der Waals surface area contributed by atoms with Gasteiger partial charge in [0.2, 0.25) is 5.88 Å². The van der Waals surface area contributed by atoms with E-state index in [0.717, 1.165) is 10.0 Å². The van der Waals surface area contributed by atoms with E-state index >= 15 is 0 Å². The van der Waals surface area contributed by atoms with Crippen molar-refractivity contribution in [2.75, 3.05) is 7.11 Å². The van der Waals surface area contributed by atoms with Crippen molar-refractivity contribution in [3.05, 3.63) is 58.2 Å². The molecule has 4 nitrogen and oxygen atoms in total. The first-order valence-electron chi connectivity index (χ1n) is 5.81. The van der Waals surface area contributed by atoms with Gasteiger partial charge in [-0.05, 0) is 29.8 Å². The Morgan fingerprint density at radius 1 is 1.30 bits per heavy atom. The van der Waals surface area contributed by atoms with Gasteiger partial charge in [0.05, 0.1) is 7.11 Å². The van der Waals surface area contributed by atoms with Crippen molar-refractivity contribution in [1.82, 2.24) is 4.98 Å². The van der Waals surface area contributed by atoms with Crippen LogP contribution in [0.5, 0.6) is 11.6 Å². The zero-order chi connectivity index (χ0) is 14.5. The third kappa shape index (κ3) is 3.24. The first-order chi connectivity index (χ1) is 9.61. The summed E-state index contributed by atoms with van der Waals surface area (Å²) >= 11 is 3.34. The molecule has 0 amide bonds. The molecule has 1 aromatic heterocycles. The van der Waals surface area contributed by atoms with Gasteiger partial charge in [0.15, 0.2) is 5.78 Å². The number of aromatic hydroxyl groups is 1. The van der Waals surface area contributed by atoms with E-state index < -0.39 is 0 Å². The van der Waals surface area contributed by atoms with Gasteiger partial charge in [0.25, 0.3) is 0 Å². The van der Waals surface area contributed by atoms with Crippen molar-refractivity contribution in [3.63, 3.8) is 0 Å². The summed E-state index contributed by atoms with van der Waals surface area (Å²) in [7, 11) is 1.40. The number of carbonyl (C=O) groups excluding carboxylic acids is 1. The van der Waals surface area contributed by atoms with Gasteiger partial charge < -0.3 is 9.84 Å². The normalized spacial score (nSPS) is 10.7. The molecular formula is C15H12BrNO3. The molecule has 20 heavy (non-hydrogen) atoms. The zero-order valence-electron chi connectivity index (χ0n) is 10.7. The van der Waals surface area contributed by atoms with Crippen LogP contribution >= 0.6 is 15.9 Å². The summed E-state index contributed by atoms with van der Waals surface area (Å²) in [6, 6.07) is 8.85. The Hall–Kier alpha value is -2.14. The molecule has 1 N–H and O–H groups in total. The van der Waals surface area contributed by atoms with Crippen LogP contribution in [0.1, 0.15) is 15.9 Å². The van der Waals surface area contributed by atoms with Gasteiger partial charge in [-0.15, -0.1) is 0 Å². The van der Waals surface area contributed by atoms with Crippen molar-refractivity contribution in [2.45, 2.75) is 0 Å². The lowest BCUT2D eigenvalue weighted by atomic mass is 10.1. The molecule has 2 aromatic rings. The summed E-state index contributed by atoms with van der Waals surface area (Å²) in [4.78, 5) is 16.0. The van der Waals surface area contributed by atoms with E-state index in [9.17, 15) is 9.90 Å². The predicted molar refractivity (Wildman–Crippen MR) is 80.0 cm³/mol. The highest BCUT2D eigenvalue weighted by Gasteiger charge is 2.15. The number of pyridine rings is 1. The van der Waals surface area contributed by atoms with Crippen molar-refractivity contribution >= 4 is 27.8 Å². The number of rotatable bonds is 4. The molecule has 0 aliphatic carbocycles. The molecule has 1 heterocycles. The summed E-state index contributed by atoms with van der Waals surface area (Å²) in [5.41, 5.74) is 0.937. The molecular weight excluding hydrogens is 322 g/mol. The molecule has 0 bridgehead atoms. The lowest BCUT2D eigenvalue weighted by Crippen LogP contribution is -2.01. The number of benzene rings is 1. The van der Waals surface area contributed by atoms with Gasteiger partial charge in [-0.3, -0.25) is 4.79 Å². The van der Waals surface area contributed by atoms with Crippen LogP contribution in [0.2, 0.25) is 0 Å². The first kappa shape index (κ1) is 14.3. The Bertz CT molecular complexity index is 651. The SMILES string of the molecule is COc1nccc(O)c1C(=O)/C=C/c1ccc(Br)cc1. The molecule has 0 spiro atoms. The topological polar surface area (TPSA) is 59.4 Å². The van der Waals surface area contributed by atoms with Gasteiger partial charge in [-0.25, -0.2) is 4.98 Å². The summed E-state index contributed by atoms with van der Waals surface area (Å²) < 4.78 is 5.95. The fourth-order valence-electron chi connectivity index (χ4n) is 1.65. The number of hydrogen-bond acceptors (Lipinski definition) is 4. The number of ketones is 1. The van der Waals surface area contributed by atoms with Crippen LogP contribution in [0.25, 0.3) is 6.08 Å². The number of halogens is 1. The van der Waals surface area contributed by atoms with Gasteiger partial charge in [0, 0.05) is 10.7 Å². The van der Waals surface area contributed by atoms with Crippen molar-refractivity contribution < 1.29 is 14.6 Å². The molecule has 0 unspecified atom stereocenters. The zero-order valence-corrected chi connectivity index (χ0v) is 12.3. The van der Waals surface area contributed by atoms with E-state index in [1.165, 1.54) is 25.4 Å².